The molecule has 1 aromatic carbocycles. The molecule has 4 nitrogen and oxygen atoms in total. The van der Waals surface area contributed by atoms with Crippen molar-refractivity contribution in [2.45, 2.75) is 23.3 Å². The predicted octanol–water partition coefficient (Wildman–Crippen LogP) is 2.58. The van der Waals surface area contributed by atoms with E-state index in [1.807, 2.05) is 24.3 Å². The fraction of sp³-hybridized carbons (Fsp3) is 0.294. The van der Waals surface area contributed by atoms with Crippen molar-refractivity contribution in [3.05, 3.63) is 59.8 Å². The number of aliphatic hydroxyl groups excluding tert-OH is 1. The van der Waals surface area contributed by atoms with Gasteiger partial charge in [0.15, 0.2) is 0 Å². The van der Waals surface area contributed by atoms with Crippen LogP contribution in [-0.4, -0.2) is 40.1 Å². The third-order valence-electron chi connectivity index (χ3n) is 3.67. The van der Waals surface area contributed by atoms with Gasteiger partial charge in [0.2, 0.25) is 0 Å². The van der Waals surface area contributed by atoms with Gasteiger partial charge in [-0.05, 0) is 24.1 Å². The second-order valence-corrected chi connectivity index (χ2v) is 6.29. The first-order valence-electron chi connectivity index (χ1n) is 7.33. The predicted molar refractivity (Wildman–Crippen MR) is 86.8 cm³/mol. The van der Waals surface area contributed by atoms with Gasteiger partial charge in [0.25, 0.3) is 5.91 Å². The molecule has 0 aliphatic carbocycles. The van der Waals surface area contributed by atoms with Crippen molar-refractivity contribution in [1.29, 1.82) is 0 Å². The van der Waals surface area contributed by atoms with E-state index in [0.717, 1.165) is 10.8 Å². The summed E-state index contributed by atoms with van der Waals surface area (Å²) in [6, 6.07) is 13.7. The van der Waals surface area contributed by atoms with Crippen molar-refractivity contribution in [3.63, 3.8) is 0 Å². The van der Waals surface area contributed by atoms with Crippen molar-refractivity contribution in [2.24, 2.45) is 0 Å². The SMILES string of the molecule is O=C(c1cccnc1SCc1ccccc1)N1CC[C@@H](O)C1. The molecule has 1 saturated heterocycles. The molecule has 1 aliphatic heterocycles. The third-order valence-corrected chi connectivity index (χ3v) is 4.75. The van der Waals surface area contributed by atoms with E-state index < -0.39 is 6.10 Å². The summed E-state index contributed by atoms with van der Waals surface area (Å²) >= 11 is 1.57. The minimum absolute atomic E-state index is 0.0415. The molecule has 1 N–H and O–H groups in total. The van der Waals surface area contributed by atoms with Crippen molar-refractivity contribution < 1.29 is 9.90 Å². The van der Waals surface area contributed by atoms with Crippen molar-refractivity contribution in [3.8, 4) is 0 Å². The molecule has 2 heterocycles. The number of hydrogen-bond donors (Lipinski definition) is 1. The number of nitrogens with zero attached hydrogens (tertiary/aromatic N) is 2. The first-order valence-corrected chi connectivity index (χ1v) is 8.31. The number of β-amino-alcohol motifs (C(OH)–C–C–N with tert-alkyl or cyclic N) is 1. The number of hydrogen-bond acceptors (Lipinski definition) is 4. The lowest BCUT2D eigenvalue weighted by Gasteiger charge is -2.17. The quantitative estimate of drug-likeness (QED) is 0.881. The highest BCUT2D eigenvalue weighted by atomic mass is 32.2. The molecule has 1 fully saturated rings. The number of likely N-dealkylation sites (tertiary alicyclic amines) is 1. The second-order valence-electron chi connectivity index (χ2n) is 5.32. The van der Waals surface area contributed by atoms with Crippen LogP contribution in [0.3, 0.4) is 0 Å². The van der Waals surface area contributed by atoms with E-state index in [-0.39, 0.29) is 5.91 Å². The Kier molecular flexibility index (Phi) is 4.75. The van der Waals surface area contributed by atoms with E-state index in [4.69, 9.17) is 0 Å². The van der Waals surface area contributed by atoms with Gasteiger partial charge in [-0.15, -0.1) is 11.8 Å². The normalized spacial score (nSPS) is 17.7. The minimum Gasteiger partial charge on any atom is -0.391 e. The molecule has 2 aromatic rings. The molecule has 0 spiro atoms. The van der Waals surface area contributed by atoms with E-state index in [0.29, 0.717) is 25.1 Å². The Balaban J connectivity index is 1.73. The summed E-state index contributed by atoms with van der Waals surface area (Å²) in [6.07, 6.45) is 1.96. The fourth-order valence-electron chi connectivity index (χ4n) is 2.49. The van der Waals surface area contributed by atoms with E-state index in [2.05, 4.69) is 17.1 Å². The van der Waals surface area contributed by atoms with Gasteiger partial charge in [0, 0.05) is 25.0 Å². The zero-order valence-electron chi connectivity index (χ0n) is 12.2. The van der Waals surface area contributed by atoms with Gasteiger partial charge in [-0.25, -0.2) is 4.98 Å². The summed E-state index contributed by atoms with van der Waals surface area (Å²) in [5, 5.41) is 10.3. The Morgan fingerprint density at radius 1 is 1.27 bits per heavy atom. The van der Waals surface area contributed by atoms with E-state index in [9.17, 15) is 9.90 Å². The molecular weight excluding hydrogens is 296 g/mol. The molecule has 0 unspecified atom stereocenters. The molecule has 1 amide bonds. The Bertz CT molecular complexity index is 648. The second kappa shape index (κ2) is 6.94. The number of amides is 1. The zero-order chi connectivity index (χ0) is 15.4. The topological polar surface area (TPSA) is 53.4 Å². The van der Waals surface area contributed by atoms with Gasteiger partial charge in [-0.2, -0.15) is 0 Å². The molecule has 5 heteroatoms. The third kappa shape index (κ3) is 3.48. The lowest BCUT2D eigenvalue weighted by atomic mass is 10.2. The molecule has 22 heavy (non-hydrogen) atoms. The number of thioether (sulfide) groups is 1. The lowest BCUT2D eigenvalue weighted by Crippen LogP contribution is -2.30. The van der Waals surface area contributed by atoms with Crippen LogP contribution >= 0.6 is 11.8 Å². The number of benzene rings is 1. The first kappa shape index (κ1) is 15.1. The monoisotopic (exact) mass is 314 g/mol. The molecule has 1 aliphatic rings. The molecule has 1 aromatic heterocycles. The molecule has 1 atom stereocenters. The Morgan fingerprint density at radius 2 is 2.09 bits per heavy atom. The van der Waals surface area contributed by atoms with Gasteiger partial charge in [0.1, 0.15) is 5.03 Å². The van der Waals surface area contributed by atoms with Gasteiger partial charge in [0.05, 0.1) is 11.7 Å². The van der Waals surface area contributed by atoms with Crippen LogP contribution in [0.1, 0.15) is 22.3 Å². The Morgan fingerprint density at radius 3 is 2.82 bits per heavy atom. The maximum atomic E-state index is 12.6. The number of aromatic nitrogens is 1. The highest BCUT2D eigenvalue weighted by molar-refractivity contribution is 7.98. The minimum atomic E-state index is -0.402. The number of carbonyl (C=O) groups is 1. The average molecular weight is 314 g/mol. The van der Waals surface area contributed by atoms with Crippen LogP contribution in [0, 0.1) is 0 Å². The van der Waals surface area contributed by atoms with E-state index in [1.165, 1.54) is 5.56 Å². The maximum Gasteiger partial charge on any atom is 0.256 e. The molecule has 0 saturated carbocycles. The highest BCUT2D eigenvalue weighted by Gasteiger charge is 2.27. The summed E-state index contributed by atoms with van der Waals surface area (Å²) in [4.78, 5) is 18.6. The van der Waals surface area contributed by atoms with Crippen LogP contribution in [0.15, 0.2) is 53.7 Å². The summed E-state index contributed by atoms with van der Waals surface area (Å²) < 4.78 is 0. The van der Waals surface area contributed by atoms with Crippen LogP contribution in [0.25, 0.3) is 0 Å². The number of aliphatic hydroxyl groups is 1. The zero-order valence-corrected chi connectivity index (χ0v) is 13.0. The van der Waals surface area contributed by atoms with Gasteiger partial charge in [-0.1, -0.05) is 30.3 Å². The summed E-state index contributed by atoms with van der Waals surface area (Å²) in [7, 11) is 0. The highest BCUT2D eigenvalue weighted by Crippen LogP contribution is 2.26. The molecule has 114 valence electrons. The van der Waals surface area contributed by atoms with Crippen LogP contribution in [0.5, 0.6) is 0 Å². The summed E-state index contributed by atoms with van der Waals surface area (Å²) in [5.41, 5.74) is 1.82. The van der Waals surface area contributed by atoms with Crippen LogP contribution in [-0.2, 0) is 5.75 Å². The van der Waals surface area contributed by atoms with Crippen LogP contribution in [0.4, 0.5) is 0 Å². The summed E-state index contributed by atoms with van der Waals surface area (Å²) in [6.45, 7) is 1.02. The largest absolute Gasteiger partial charge is 0.391 e. The average Bonchev–Trinajstić information content (AvgIpc) is 3.00. The maximum absolute atomic E-state index is 12.6. The lowest BCUT2D eigenvalue weighted by molar-refractivity contribution is 0.0761. The van der Waals surface area contributed by atoms with Crippen molar-refractivity contribution >= 4 is 17.7 Å². The number of carbonyl (C=O) groups excluding carboxylic acids is 1. The van der Waals surface area contributed by atoms with Crippen LogP contribution in [0.2, 0.25) is 0 Å². The smallest absolute Gasteiger partial charge is 0.256 e. The Hall–Kier alpha value is -1.85. The van der Waals surface area contributed by atoms with Crippen LogP contribution < -0.4 is 0 Å². The van der Waals surface area contributed by atoms with E-state index >= 15 is 0 Å². The first-order chi connectivity index (χ1) is 10.7. The molecule has 3 rings (SSSR count). The van der Waals surface area contributed by atoms with E-state index in [1.54, 1.807) is 28.9 Å². The fourth-order valence-corrected chi connectivity index (χ4v) is 3.43. The molecular formula is C17H18N2O2S. The Labute approximate surface area is 134 Å². The number of rotatable bonds is 4. The van der Waals surface area contributed by atoms with Crippen molar-refractivity contribution in [1.82, 2.24) is 9.88 Å². The van der Waals surface area contributed by atoms with Crippen molar-refractivity contribution in [2.75, 3.05) is 13.1 Å². The summed E-state index contributed by atoms with van der Waals surface area (Å²) in [5.74, 6) is 0.737. The molecule has 0 bridgehead atoms. The van der Waals surface area contributed by atoms with Gasteiger partial charge in [-0.3, -0.25) is 4.79 Å². The number of pyridine rings is 1. The standard InChI is InChI=1S/C17H18N2O2S/c20-14-8-10-19(11-14)17(21)15-7-4-9-18-16(15)22-12-13-5-2-1-3-6-13/h1-7,9,14,20H,8,10-12H2/t14-/m1/s1. The molecule has 0 radical (unpaired) electrons. The van der Waals surface area contributed by atoms with Gasteiger partial charge < -0.3 is 10.0 Å². The van der Waals surface area contributed by atoms with Gasteiger partial charge >= 0.3 is 0 Å².